The molecule has 0 spiro atoms. The summed E-state index contributed by atoms with van der Waals surface area (Å²) in [5.74, 6) is 1.58. The molecule has 2 aromatic carbocycles. The number of aliphatic hydroxyl groups excluding tert-OH is 2. The summed E-state index contributed by atoms with van der Waals surface area (Å²) in [4.78, 5) is 0. The molecule has 124 valence electrons. The number of rotatable bonds is 6. The van der Waals surface area contributed by atoms with Crippen LogP contribution in [-0.4, -0.2) is 36.6 Å². The number of fused-ring (bicyclic) bond motifs is 2. The highest BCUT2D eigenvalue weighted by Crippen LogP contribution is 2.46. The predicted octanol–water partition coefficient (Wildman–Crippen LogP) is 3.11. The molecule has 0 aromatic heterocycles. The summed E-state index contributed by atoms with van der Waals surface area (Å²) in [5.41, 5.74) is 2.27. The Bertz CT molecular complexity index is 699. The van der Waals surface area contributed by atoms with Gasteiger partial charge in [-0.25, -0.2) is 0 Å². The summed E-state index contributed by atoms with van der Waals surface area (Å²) in [6.07, 6.45) is 4.03. The van der Waals surface area contributed by atoms with Gasteiger partial charge in [0.2, 0.25) is 0 Å². The lowest BCUT2D eigenvalue weighted by Gasteiger charge is -2.25. The summed E-state index contributed by atoms with van der Waals surface area (Å²) in [6, 6.07) is 5.69. The first-order valence-corrected chi connectivity index (χ1v) is 8.39. The van der Waals surface area contributed by atoms with E-state index in [1.807, 2.05) is 18.2 Å². The van der Waals surface area contributed by atoms with Crippen LogP contribution in [0.1, 0.15) is 24.0 Å². The van der Waals surface area contributed by atoms with Crippen LogP contribution in [0, 0.1) is 0 Å². The lowest BCUT2D eigenvalue weighted by Crippen LogP contribution is -2.13. The smallest absolute Gasteiger partial charge is 0.132 e. The van der Waals surface area contributed by atoms with Crippen LogP contribution in [0.15, 0.2) is 18.2 Å². The van der Waals surface area contributed by atoms with E-state index in [0.29, 0.717) is 5.02 Å². The molecule has 0 heterocycles. The van der Waals surface area contributed by atoms with Crippen molar-refractivity contribution in [1.82, 2.24) is 0 Å². The van der Waals surface area contributed by atoms with Gasteiger partial charge in [0, 0.05) is 21.9 Å². The fourth-order valence-electron chi connectivity index (χ4n) is 3.28. The second-order valence-electron chi connectivity index (χ2n) is 5.63. The molecule has 23 heavy (non-hydrogen) atoms. The maximum Gasteiger partial charge on any atom is 0.132 e. The standard InChI is InChI=1S/C18H21ClO4/c19-15-7-3-6-14-16(15)18(23-11-9-21)13-5-2-1-4-12(13)17(14)22-10-8-20/h3,6-7,20-21H,1-2,4-5,8-11H2. The molecule has 0 fully saturated rings. The third-order valence-corrected chi connectivity index (χ3v) is 4.49. The molecule has 1 aliphatic rings. The molecule has 0 radical (unpaired) electrons. The largest absolute Gasteiger partial charge is 0.490 e. The molecular formula is C18H21ClO4. The van der Waals surface area contributed by atoms with Crippen LogP contribution in [0.3, 0.4) is 0 Å². The third-order valence-electron chi connectivity index (χ3n) is 4.18. The van der Waals surface area contributed by atoms with Crippen molar-refractivity contribution in [2.45, 2.75) is 25.7 Å². The quantitative estimate of drug-likeness (QED) is 0.851. The first-order chi connectivity index (χ1) is 11.3. The fraction of sp³-hybridized carbons (Fsp3) is 0.444. The molecule has 1 aliphatic carbocycles. The van der Waals surface area contributed by atoms with Gasteiger partial charge < -0.3 is 19.7 Å². The van der Waals surface area contributed by atoms with Crippen LogP contribution in [-0.2, 0) is 12.8 Å². The van der Waals surface area contributed by atoms with Crippen molar-refractivity contribution in [3.05, 3.63) is 34.3 Å². The minimum Gasteiger partial charge on any atom is -0.490 e. The van der Waals surface area contributed by atoms with Gasteiger partial charge in [-0.3, -0.25) is 0 Å². The van der Waals surface area contributed by atoms with Gasteiger partial charge >= 0.3 is 0 Å². The Balaban J connectivity index is 2.27. The lowest BCUT2D eigenvalue weighted by molar-refractivity contribution is 0.197. The molecule has 0 amide bonds. The Hall–Kier alpha value is -1.49. The summed E-state index contributed by atoms with van der Waals surface area (Å²) >= 11 is 6.44. The van der Waals surface area contributed by atoms with Gasteiger partial charge in [0.15, 0.2) is 0 Å². The fourth-order valence-corrected chi connectivity index (χ4v) is 3.54. The molecule has 3 rings (SSSR count). The highest BCUT2D eigenvalue weighted by atomic mass is 35.5. The first kappa shape index (κ1) is 16.4. The summed E-state index contributed by atoms with van der Waals surface area (Å²) in [7, 11) is 0. The summed E-state index contributed by atoms with van der Waals surface area (Å²) in [5, 5.41) is 20.6. The minimum absolute atomic E-state index is 0.0282. The molecule has 0 atom stereocenters. The molecule has 0 bridgehead atoms. The van der Waals surface area contributed by atoms with Crippen LogP contribution >= 0.6 is 11.6 Å². The number of aliphatic hydroxyl groups is 2. The van der Waals surface area contributed by atoms with E-state index in [0.717, 1.165) is 59.1 Å². The van der Waals surface area contributed by atoms with Crippen molar-refractivity contribution >= 4 is 22.4 Å². The Kier molecular flexibility index (Phi) is 5.26. The Morgan fingerprint density at radius 1 is 0.913 bits per heavy atom. The van der Waals surface area contributed by atoms with Crippen molar-refractivity contribution in [3.8, 4) is 11.5 Å². The van der Waals surface area contributed by atoms with E-state index in [1.54, 1.807) is 0 Å². The normalized spacial score (nSPS) is 13.9. The van der Waals surface area contributed by atoms with Crippen molar-refractivity contribution in [2.24, 2.45) is 0 Å². The second-order valence-corrected chi connectivity index (χ2v) is 6.04. The molecule has 4 nitrogen and oxygen atoms in total. The molecular weight excluding hydrogens is 316 g/mol. The van der Waals surface area contributed by atoms with Gasteiger partial charge in [0.1, 0.15) is 24.7 Å². The Morgan fingerprint density at radius 3 is 2.17 bits per heavy atom. The number of hydrogen-bond donors (Lipinski definition) is 2. The number of hydrogen-bond acceptors (Lipinski definition) is 4. The summed E-state index contributed by atoms with van der Waals surface area (Å²) in [6.45, 7) is 0.428. The zero-order valence-corrected chi connectivity index (χ0v) is 13.7. The van der Waals surface area contributed by atoms with E-state index >= 15 is 0 Å². The molecule has 0 unspecified atom stereocenters. The van der Waals surface area contributed by atoms with E-state index < -0.39 is 0 Å². The van der Waals surface area contributed by atoms with Gasteiger partial charge in [-0.05, 0) is 31.7 Å². The number of halogens is 1. The number of ether oxygens (including phenoxy) is 2. The van der Waals surface area contributed by atoms with Crippen LogP contribution < -0.4 is 9.47 Å². The summed E-state index contributed by atoms with van der Waals surface area (Å²) < 4.78 is 11.7. The van der Waals surface area contributed by atoms with Gasteiger partial charge in [0.25, 0.3) is 0 Å². The Morgan fingerprint density at radius 2 is 1.52 bits per heavy atom. The highest BCUT2D eigenvalue weighted by Gasteiger charge is 2.24. The third kappa shape index (κ3) is 3.11. The zero-order valence-electron chi connectivity index (χ0n) is 13.0. The molecule has 0 aliphatic heterocycles. The Labute approximate surface area is 140 Å². The van der Waals surface area contributed by atoms with Gasteiger partial charge in [-0.15, -0.1) is 0 Å². The van der Waals surface area contributed by atoms with Gasteiger partial charge in [-0.2, -0.15) is 0 Å². The van der Waals surface area contributed by atoms with E-state index in [9.17, 15) is 0 Å². The zero-order chi connectivity index (χ0) is 16.2. The van der Waals surface area contributed by atoms with Gasteiger partial charge in [-0.1, -0.05) is 23.7 Å². The van der Waals surface area contributed by atoms with Crippen molar-refractivity contribution in [3.63, 3.8) is 0 Å². The minimum atomic E-state index is -0.0382. The van der Waals surface area contributed by atoms with E-state index in [1.165, 1.54) is 0 Å². The van der Waals surface area contributed by atoms with Crippen LogP contribution in [0.2, 0.25) is 5.02 Å². The monoisotopic (exact) mass is 336 g/mol. The number of benzene rings is 2. The maximum absolute atomic E-state index is 9.13. The van der Waals surface area contributed by atoms with Crippen LogP contribution in [0.25, 0.3) is 10.8 Å². The highest BCUT2D eigenvalue weighted by molar-refractivity contribution is 6.36. The first-order valence-electron chi connectivity index (χ1n) is 8.01. The van der Waals surface area contributed by atoms with Crippen LogP contribution in [0.5, 0.6) is 11.5 Å². The topological polar surface area (TPSA) is 58.9 Å². The molecule has 0 saturated carbocycles. The average Bonchev–Trinajstić information content (AvgIpc) is 2.58. The molecule has 2 aromatic rings. The van der Waals surface area contributed by atoms with E-state index in [2.05, 4.69) is 0 Å². The van der Waals surface area contributed by atoms with Gasteiger partial charge in [0.05, 0.1) is 18.2 Å². The molecule has 2 N–H and O–H groups in total. The maximum atomic E-state index is 9.13. The average molecular weight is 337 g/mol. The van der Waals surface area contributed by atoms with Crippen LogP contribution in [0.4, 0.5) is 0 Å². The predicted molar refractivity (Wildman–Crippen MR) is 90.8 cm³/mol. The van der Waals surface area contributed by atoms with Crippen molar-refractivity contribution in [2.75, 3.05) is 26.4 Å². The molecule has 5 heteroatoms. The van der Waals surface area contributed by atoms with E-state index in [4.69, 9.17) is 31.3 Å². The lowest BCUT2D eigenvalue weighted by atomic mass is 9.87. The second kappa shape index (κ2) is 7.39. The van der Waals surface area contributed by atoms with Crippen molar-refractivity contribution < 1.29 is 19.7 Å². The van der Waals surface area contributed by atoms with Crippen molar-refractivity contribution in [1.29, 1.82) is 0 Å². The molecule has 0 saturated heterocycles. The SMILES string of the molecule is OCCOc1c2c(c(OCCO)c3c(Cl)cccc13)CCCC2. The van der Waals surface area contributed by atoms with E-state index in [-0.39, 0.29) is 26.4 Å².